The van der Waals surface area contributed by atoms with Crippen molar-refractivity contribution in [1.82, 2.24) is 5.32 Å². The molecule has 0 heterocycles. The van der Waals surface area contributed by atoms with E-state index < -0.39 is 23.8 Å². The minimum absolute atomic E-state index is 0.102. The molecule has 0 aromatic heterocycles. The van der Waals surface area contributed by atoms with Gasteiger partial charge in [-0.15, -0.1) is 0 Å². The Labute approximate surface area is 171 Å². The average molecular weight is 449 g/mol. The van der Waals surface area contributed by atoms with E-state index in [0.29, 0.717) is 23.6 Å². The molecule has 0 bridgehead atoms. The van der Waals surface area contributed by atoms with E-state index in [9.17, 15) is 14.4 Å². The number of carbonyl (C=O) groups is 3. The number of halogens is 1. The number of methoxy groups -OCH3 is 1. The van der Waals surface area contributed by atoms with Crippen molar-refractivity contribution < 1.29 is 23.9 Å². The van der Waals surface area contributed by atoms with Gasteiger partial charge in [0, 0.05) is 10.2 Å². The van der Waals surface area contributed by atoms with Crippen molar-refractivity contribution in [3.8, 4) is 5.75 Å². The summed E-state index contributed by atoms with van der Waals surface area (Å²) in [7, 11) is 1.26. The van der Waals surface area contributed by atoms with Gasteiger partial charge >= 0.3 is 17.8 Å². The topological polar surface area (TPSA) is 93.7 Å². The number of nitrogens with one attached hydrogen (secondary N) is 2. The minimum atomic E-state index is -0.859. The predicted octanol–water partition coefficient (Wildman–Crippen LogP) is 3.21. The second-order valence-electron chi connectivity index (χ2n) is 5.77. The van der Waals surface area contributed by atoms with Crippen LogP contribution in [0.2, 0.25) is 0 Å². The number of carbonyl (C=O) groups excluding carboxylic acids is 3. The first-order chi connectivity index (χ1) is 13.4. The molecule has 0 aliphatic heterocycles. The van der Waals surface area contributed by atoms with Crippen LogP contribution in [-0.2, 0) is 19.1 Å². The second-order valence-corrected chi connectivity index (χ2v) is 6.69. The lowest BCUT2D eigenvalue weighted by molar-refractivity contribution is -0.142. The van der Waals surface area contributed by atoms with Crippen LogP contribution in [0.3, 0.4) is 0 Å². The fraction of sp³-hybridized carbons (Fsp3) is 0.250. The molecule has 0 fully saturated rings. The molecule has 2 aromatic rings. The van der Waals surface area contributed by atoms with Gasteiger partial charge in [-0.2, -0.15) is 0 Å². The van der Waals surface area contributed by atoms with Crippen LogP contribution in [0.25, 0.3) is 0 Å². The van der Waals surface area contributed by atoms with Gasteiger partial charge < -0.3 is 20.1 Å². The maximum absolute atomic E-state index is 12.3. The summed E-state index contributed by atoms with van der Waals surface area (Å²) >= 11 is 3.35. The van der Waals surface area contributed by atoms with Crippen molar-refractivity contribution in [3.05, 3.63) is 58.6 Å². The van der Waals surface area contributed by atoms with Gasteiger partial charge in [0.05, 0.1) is 26.2 Å². The van der Waals surface area contributed by atoms with Crippen molar-refractivity contribution in [3.63, 3.8) is 0 Å². The zero-order valence-corrected chi connectivity index (χ0v) is 17.1. The molecule has 0 saturated carbocycles. The van der Waals surface area contributed by atoms with E-state index in [4.69, 9.17) is 4.74 Å². The third-order valence-electron chi connectivity index (χ3n) is 3.78. The monoisotopic (exact) mass is 448 g/mol. The van der Waals surface area contributed by atoms with Crippen molar-refractivity contribution >= 4 is 39.4 Å². The van der Waals surface area contributed by atoms with Crippen LogP contribution >= 0.6 is 15.9 Å². The van der Waals surface area contributed by atoms with E-state index in [1.165, 1.54) is 7.11 Å². The molecule has 2 rings (SSSR count). The lowest BCUT2D eigenvalue weighted by Crippen LogP contribution is -2.38. The molecule has 1 atom stereocenters. The second kappa shape index (κ2) is 10.5. The van der Waals surface area contributed by atoms with Gasteiger partial charge in [-0.05, 0) is 48.9 Å². The Balaban J connectivity index is 2.06. The van der Waals surface area contributed by atoms with Gasteiger partial charge in [0.2, 0.25) is 0 Å². The van der Waals surface area contributed by atoms with Crippen LogP contribution in [0.5, 0.6) is 5.75 Å². The van der Waals surface area contributed by atoms with Gasteiger partial charge in [0.15, 0.2) is 0 Å². The lowest BCUT2D eigenvalue weighted by atomic mass is 10.0. The van der Waals surface area contributed by atoms with Gasteiger partial charge in [-0.1, -0.05) is 28.1 Å². The maximum atomic E-state index is 12.3. The van der Waals surface area contributed by atoms with E-state index >= 15 is 0 Å². The molecule has 7 nitrogen and oxygen atoms in total. The molecule has 8 heteroatoms. The minimum Gasteiger partial charge on any atom is -0.494 e. The third-order valence-corrected chi connectivity index (χ3v) is 4.28. The molecule has 0 radical (unpaired) electrons. The van der Waals surface area contributed by atoms with Gasteiger partial charge in [0.25, 0.3) is 0 Å². The molecule has 28 heavy (non-hydrogen) atoms. The highest BCUT2D eigenvalue weighted by atomic mass is 79.9. The van der Waals surface area contributed by atoms with Crippen LogP contribution in [0.4, 0.5) is 5.69 Å². The molecule has 148 valence electrons. The summed E-state index contributed by atoms with van der Waals surface area (Å²) < 4.78 is 10.8. The van der Waals surface area contributed by atoms with E-state index in [0.717, 1.165) is 4.47 Å². The number of benzene rings is 2. The van der Waals surface area contributed by atoms with Crippen LogP contribution in [0.15, 0.2) is 53.0 Å². The Morgan fingerprint density at radius 3 is 2.39 bits per heavy atom. The standard InChI is InChI=1S/C20H21BrN2O5/c1-3-28-16-9-7-15(8-10-16)22-19(25)20(26)23-17(12-18(24)27-2)13-5-4-6-14(21)11-13/h4-11,17H,3,12H2,1-2H3,(H,22,25)(H,23,26). The largest absolute Gasteiger partial charge is 0.494 e. The summed E-state index contributed by atoms with van der Waals surface area (Å²) in [6.45, 7) is 2.40. The van der Waals surface area contributed by atoms with E-state index in [1.54, 1.807) is 42.5 Å². The van der Waals surface area contributed by atoms with Crippen LogP contribution in [-0.4, -0.2) is 31.5 Å². The third kappa shape index (κ3) is 6.38. The van der Waals surface area contributed by atoms with Crippen LogP contribution in [0.1, 0.15) is 24.9 Å². The number of ether oxygens (including phenoxy) is 2. The van der Waals surface area contributed by atoms with Gasteiger partial charge in [-0.25, -0.2) is 0 Å². The van der Waals surface area contributed by atoms with E-state index in [1.807, 2.05) is 13.0 Å². The summed E-state index contributed by atoms with van der Waals surface area (Å²) in [4.78, 5) is 36.3. The summed E-state index contributed by atoms with van der Waals surface area (Å²) in [5.41, 5.74) is 1.12. The first-order valence-corrected chi connectivity index (χ1v) is 9.39. The molecule has 0 aliphatic rings. The highest BCUT2D eigenvalue weighted by Crippen LogP contribution is 2.21. The predicted molar refractivity (Wildman–Crippen MR) is 108 cm³/mol. The SMILES string of the molecule is CCOc1ccc(NC(=O)C(=O)NC(CC(=O)OC)c2cccc(Br)c2)cc1. The molecule has 0 aliphatic carbocycles. The molecule has 1 unspecified atom stereocenters. The van der Waals surface area contributed by atoms with Crippen molar-refractivity contribution in [2.24, 2.45) is 0 Å². The van der Waals surface area contributed by atoms with Crippen LogP contribution < -0.4 is 15.4 Å². The summed E-state index contributed by atoms with van der Waals surface area (Å²) in [5, 5.41) is 5.09. The smallest absolute Gasteiger partial charge is 0.313 e. The fourth-order valence-electron chi connectivity index (χ4n) is 2.44. The number of anilines is 1. The van der Waals surface area contributed by atoms with Crippen LogP contribution in [0, 0.1) is 0 Å². The summed E-state index contributed by atoms with van der Waals surface area (Å²) in [6, 6.07) is 13.1. The highest BCUT2D eigenvalue weighted by Gasteiger charge is 2.23. The number of hydrogen-bond donors (Lipinski definition) is 2. The molecule has 0 spiro atoms. The summed E-state index contributed by atoms with van der Waals surface area (Å²) in [6.07, 6.45) is -0.102. The fourth-order valence-corrected chi connectivity index (χ4v) is 2.86. The lowest BCUT2D eigenvalue weighted by Gasteiger charge is -2.18. The molecule has 2 amide bonds. The van der Waals surface area contributed by atoms with E-state index in [-0.39, 0.29) is 6.42 Å². The van der Waals surface area contributed by atoms with Crippen molar-refractivity contribution in [1.29, 1.82) is 0 Å². The summed E-state index contributed by atoms with van der Waals surface area (Å²) in [5.74, 6) is -1.54. The van der Waals surface area contributed by atoms with Crippen molar-refractivity contribution in [2.45, 2.75) is 19.4 Å². The Bertz CT molecular complexity index is 839. The zero-order chi connectivity index (χ0) is 20.5. The Morgan fingerprint density at radius 2 is 1.79 bits per heavy atom. The zero-order valence-electron chi connectivity index (χ0n) is 15.5. The molecule has 2 aromatic carbocycles. The Morgan fingerprint density at radius 1 is 1.07 bits per heavy atom. The molecular weight excluding hydrogens is 428 g/mol. The molecule has 0 saturated heterocycles. The molecule has 2 N–H and O–H groups in total. The maximum Gasteiger partial charge on any atom is 0.313 e. The Hall–Kier alpha value is -2.87. The van der Waals surface area contributed by atoms with Crippen molar-refractivity contribution in [2.75, 3.05) is 19.0 Å². The average Bonchev–Trinajstić information content (AvgIpc) is 2.69. The highest BCUT2D eigenvalue weighted by molar-refractivity contribution is 9.10. The number of hydrogen-bond acceptors (Lipinski definition) is 5. The first kappa shape index (κ1) is 21.4. The van der Waals surface area contributed by atoms with Gasteiger partial charge in [-0.3, -0.25) is 14.4 Å². The quantitative estimate of drug-likeness (QED) is 0.500. The van der Waals surface area contributed by atoms with Gasteiger partial charge in [0.1, 0.15) is 5.75 Å². The number of amides is 2. The molecular formula is C20H21BrN2O5. The first-order valence-electron chi connectivity index (χ1n) is 8.60. The normalized spacial score (nSPS) is 11.2. The number of esters is 1. The Kier molecular flexibility index (Phi) is 8.01. The number of rotatable bonds is 7. The van der Waals surface area contributed by atoms with E-state index in [2.05, 4.69) is 31.3 Å².